The quantitative estimate of drug-likeness (QED) is 0.838. The van der Waals surface area contributed by atoms with Crippen LogP contribution in [0, 0.1) is 12.8 Å². The van der Waals surface area contributed by atoms with Crippen LogP contribution in [0.5, 0.6) is 0 Å². The van der Waals surface area contributed by atoms with Crippen molar-refractivity contribution in [3.05, 3.63) is 16.5 Å². The SMILES string of the molecule is Cc1c(Cl)nc(C2CC2)nc1NC1CCCC(C)C1. The van der Waals surface area contributed by atoms with Crippen LogP contribution in [0.25, 0.3) is 0 Å². The topological polar surface area (TPSA) is 37.8 Å². The summed E-state index contributed by atoms with van der Waals surface area (Å²) in [7, 11) is 0. The highest BCUT2D eigenvalue weighted by Gasteiger charge is 2.28. The molecular formula is C15H22ClN3. The maximum absolute atomic E-state index is 6.25. The molecule has 0 radical (unpaired) electrons. The summed E-state index contributed by atoms with van der Waals surface area (Å²) in [6, 6.07) is 0.542. The molecule has 1 aromatic heterocycles. The van der Waals surface area contributed by atoms with Gasteiger partial charge in [0.2, 0.25) is 0 Å². The van der Waals surface area contributed by atoms with Gasteiger partial charge in [0.1, 0.15) is 16.8 Å². The molecule has 2 saturated carbocycles. The first-order valence-electron chi connectivity index (χ1n) is 7.44. The summed E-state index contributed by atoms with van der Waals surface area (Å²) in [4.78, 5) is 9.13. The summed E-state index contributed by atoms with van der Waals surface area (Å²) >= 11 is 6.25. The fraction of sp³-hybridized carbons (Fsp3) is 0.733. The number of anilines is 1. The van der Waals surface area contributed by atoms with Gasteiger partial charge in [0.05, 0.1) is 0 Å². The van der Waals surface area contributed by atoms with Crippen molar-refractivity contribution >= 4 is 17.4 Å². The van der Waals surface area contributed by atoms with Gasteiger partial charge in [-0.2, -0.15) is 0 Å². The van der Waals surface area contributed by atoms with Crippen molar-refractivity contribution in [2.24, 2.45) is 5.92 Å². The van der Waals surface area contributed by atoms with Gasteiger partial charge in [0, 0.05) is 17.5 Å². The average molecular weight is 280 g/mol. The summed E-state index contributed by atoms with van der Waals surface area (Å²) in [6.07, 6.45) is 7.56. The summed E-state index contributed by atoms with van der Waals surface area (Å²) in [5.41, 5.74) is 0.990. The Morgan fingerprint density at radius 3 is 2.63 bits per heavy atom. The summed E-state index contributed by atoms with van der Waals surface area (Å²) in [5.74, 6) is 3.25. The first kappa shape index (κ1) is 13.2. The maximum atomic E-state index is 6.25. The van der Waals surface area contributed by atoms with Gasteiger partial charge in [-0.25, -0.2) is 9.97 Å². The normalized spacial score (nSPS) is 27.3. The molecule has 2 aliphatic carbocycles. The van der Waals surface area contributed by atoms with Crippen molar-refractivity contribution < 1.29 is 0 Å². The molecule has 0 amide bonds. The molecular weight excluding hydrogens is 258 g/mol. The lowest BCUT2D eigenvalue weighted by Crippen LogP contribution is -2.27. The first-order chi connectivity index (χ1) is 9.13. The second-order valence-corrected chi connectivity index (χ2v) is 6.59. The van der Waals surface area contributed by atoms with E-state index in [2.05, 4.69) is 17.2 Å². The zero-order valence-electron chi connectivity index (χ0n) is 11.7. The standard InChI is InChI=1S/C15H22ClN3/c1-9-4-3-5-12(8-9)17-14-10(2)13(16)18-15(19-14)11-6-7-11/h9,11-12H,3-8H2,1-2H3,(H,17,18,19). The minimum atomic E-state index is 0.542. The van der Waals surface area contributed by atoms with Crippen LogP contribution in [-0.4, -0.2) is 16.0 Å². The number of rotatable bonds is 3. The highest BCUT2D eigenvalue weighted by molar-refractivity contribution is 6.30. The van der Waals surface area contributed by atoms with Crippen LogP contribution in [0.3, 0.4) is 0 Å². The number of hydrogen-bond acceptors (Lipinski definition) is 3. The van der Waals surface area contributed by atoms with Crippen LogP contribution in [0.15, 0.2) is 0 Å². The lowest BCUT2D eigenvalue weighted by Gasteiger charge is -2.28. The maximum Gasteiger partial charge on any atom is 0.137 e. The molecule has 104 valence electrons. The average Bonchev–Trinajstić information content (AvgIpc) is 3.19. The van der Waals surface area contributed by atoms with E-state index >= 15 is 0 Å². The molecule has 0 spiro atoms. The Bertz CT molecular complexity index is 471. The van der Waals surface area contributed by atoms with E-state index in [0.717, 1.165) is 23.1 Å². The summed E-state index contributed by atoms with van der Waals surface area (Å²) in [5, 5.41) is 4.22. The summed E-state index contributed by atoms with van der Waals surface area (Å²) < 4.78 is 0. The van der Waals surface area contributed by atoms with Gasteiger partial charge in [-0.1, -0.05) is 31.4 Å². The minimum Gasteiger partial charge on any atom is -0.367 e. The molecule has 0 bridgehead atoms. The predicted molar refractivity (Wildman–Crippen MR) is 78.8 cm³/mol. The second-order valence-electron chi connectivity index (χ2n) is 6.23. The van der Waals surface area contributed by atoms with Crippen molar-refractivity contribution in [1.29, 1.82) is 0 Å². The van der Waals surface area contributed by atoms with Crippen LogP contribution in [0.1, 0.15) is 62.8 Å². The molecule has 0 saturated heterocycles. The van der Waals surface area contributed by atoms with E-state index in [0.29, 0.717) is 17.1 Å². The molecule has 1 N–H and O–H groups in total. The van der Waals surface area contributed by atoms with E-state index < -0.39 is 0 Å². The molecule has 3 nitrogen and oxygen atoms in total. The van der Waals surface area contributed by atoms with Gasteiger partial charge in [0.25, 0.3) is 0 Å². The monoisotopic (exact) mass is 279 g/mol. The first-order valence-corrected chi connectivity index (χ1v) is 7.82. The fourth-order valence-electron chi connectivity index (χ4n) is 2.93. The van der Waals surface area contributed by atoms with Crippen molar-refractivity contribution in [2.75, 3.05) is 5.32 Å². The van der Waals surface area contributed by atoms with E-state index in [1.54, 1.807) is 0 Å². The van der Waals surface area contributed by atoms with E-state index in [1.807, 2.05) is 6.92 Å². The Kier molecular flexibility index (Phi) is 3.66. The van der Waals surface area contributed by atoms with E-state index in [1.165, 1.54) is 38.5 Å². The van der Waals surface area contributed by atoms with Crippen LogP contribution in [0.4, 0.5) is 5.82 Å². The minimum absolute atomic E-state index is 0.542. The molecule has 1 aromatic rings. The Morgan fingerprint density at radius 1 is 1.16 bits per heavy atom. The third kappa shape index (κ3) is 3.02. The molecule has 3 rings (SSSR count). The summed E-state index contributed by atoms with van der Waals surface area (Å²) in [6.45, 7) is 4.34. The lowest BCUT2D eigenvalue weighted by molar-refractivity contribution is 0.358. The molecule has 1 heterocycles. The number of nitrogens with zero attached hydrogens (tertiary/aromatic N) is 2. The van der Waals surface area contributed by atoms with Crippen molar-refractivity contribution in [2.45, 2.75) is 64.3 Å². The van der Waals surface area contributed by atoms with Crippen molar-refractivity contribution in [3.63, 3.8) is 0 Å². The number of aromatic nitrogens is 2. The van der Waals surface area contributed by atoms with Gasteiger partial charge in [-0.3, -0.25) is 0 Å². The van der Waals surface area contributed by atoms with E-state index in [-0.39, 0.29) is 0 Å². The van der Waals surface area contributed by atoms with Gasteiger partial charge in [0.15, 0.2) is 0 Å². The predicted octanol–water partition coefficient (Wildman–Crippen LogP) is 4.31. The second kappa shape index (κ2) is 5.28. The molecule has 19 heavy (non-hydrogen) atoms. The van der Waals surface area contributed by atoms with Crippen LogP contribution >= 0.6 is 11.6 Å². The number of hydrogen-bond donors (Lipinski definition) is 1. The highest BCUT2D eigenvalue weighted by atomic mass is 35.5. The Labute approximate surface area is 120 Å². The fourth-order valence-corrected chi connectivity index (χ4v) is 3.10. The number of nitrogens with one attached hydrogen (secondary N) is 1. The number of halogens is 1. The molecule has 4 heteroatoms. The zero-order valence-corrected chi connectivity index (χ0v) is 12.5. The van der Waals surface area contributed by atoms with Crippen LogP contribution < -0.4 is 5.32 Å². The largest absolute Gasteiger partial charge is 0.367 e. The Balaban J connectivity index is 1.78. The van der Waals surface area contributed by atoms with Gasteiger partial charge >= 0.3 is 0 Å². The lowest BCUT2D eigenvalue weighted by atomic mass is 9.87. The van der Waals surface area contributed by atoms with Crippen molar-refractivity contribution in [1.82, 2.24) is 9.97 Å². The molecule has 2 fully saturated rings. The van der Waals surface area contributed by atoms with Gasteiger partial charge in [-0.15, -0.1) is 0 Å². The van der Waals surface area contributed by atoms with Crippen LogP contribution in [-0.2, 0) is 0 Å². The molecule has 2 atom stereocenters. The zero-order chi connectivity index (χ0) is 13.4. The molecule has 2 aliphatic rings. The third-order valence-electron chi connectivity index (χ3n) is 4.32. The molecule has 0 aromatic carbocycles. The van der Waals surface area contributed by atoms with Gasteiger partial charge < -0.3 is 5.32 Å². The highest BCUT2D eigenvalue weighted by Crippen LogP contribution is 2.39. The smallest absolute Gasteiger partial charge is 0.137 e. The molecule has 0 aliphatic heterocycles. The van der Waals surface area contributed by atoms with Gasteiger partial charge in [-0.05, 0) is 38.5 Å². The van der Waals surface area contributed by atoms with Crippen molar-refractivity contribution in [3.8, 4) is 0 Å². The Morgan fingerprint density at radius 2 is 1.95 bits per heavy atom. The van der Waals surface area contributed by atoms with E-state index in [4.69, 9.17) is 16.6 Å². The Hall–Kier alpha value is -0.830. The third-order valence-corrected chi connectivity index (χ3v) is 4.69. The van der Waals surface area contributed by atoms with Crippen LogP contribution in [0.2, 0.25) is 5.15 Å². The molecule has 2 unspecified atom stereocenters. The van der Waals surface area contributed by atoms with E-state index in [9.17, 15) is 0 Å².